The molecule has 0 atom stereocenters. The van der Waals surface area contributed by atoms with Crippen LogP contribution in [0.2, 0.25) is 5.02 Å². The van der Waals surface area contributed by atoms with E-state index in [2.05, 4.69) is 0 Å². The maximum atomic E-state index is 12.4. The highest BCUT2D eigenvalue weighted by Crippen LogP contribution is 2.31. The monoisotopic (exact) mass is 276 g/mol. The van der Waals surface area contributed by atoms with Crippen molar-refractivity contribution < 1.29 is 14.6 Å². The maximum absolute atomic E-state index is 12.4. The van der Waals surface area contributed by atoms with Crippen molar-refractivity contribution in [1.82, 2.24) is 0 Å². The molecule has 0 aliphatic carbocycles. The van der Waals surface area contributed by atoms with Crippen LogP contribution >= 0.6 is 11.6 Å². The van der Waals surface area contributed by atoms with Gasteiger partial charge in [0, 0.05) is 17.2 Å². The van der Waals surface area contributed by atoms with E-state index in [1.807, 2.05) is 0 Å². The molecule has 3 rings (SSSR count). The van der Waals surface area contributed by atoms with Crippen molar-refractivity contribution in [2.24, 2.45) is 0 Å². The van der Waals surface area contributed by atoms with Gasteiger partial charge in [0.25, 0.3) is 0 Å². The summed E-state index contributed by atoms with van der Waals surface area (Å²) >= 11 is 5.82. The summed E-state index contributed by atoms with van der Waals surface area (Å²) in [6, 6.07) is 5.58. The van der Waals surface area contributed by atoms with Gasteiger partial charge in [0.15, 0.2) is 0 Å². The number of phenolic OH excluding ortho intramolecular Hbond substituents is 2. The van der Waals surface area contributed by atoms with Gasteiger partial charge >= 0.3 is 0 Å². The first-order chi connectivity index (χ1) is 8.97. The Balaban J connectivity index is 2.64. The molecule has 1 aromatic heterocycles. The van der Waals surface area contributed by atoms with Crippen molar-refractivity contribution in [3.8, 4) is 11.5 Å². The second-order valence-corrected chi connectivity index (χ2v) is 4.80. The predicted molar refractivity (Wildman–Crippen MR) is 73.1 cm³/mol. The molecule has 2 aromatic carbocycles. The van der Waals surface area contributed by atoms with E-state index >= 15 is 0 Å². The zero-order valence-corrected chi connectivity index (χ0v) is 10.7. The second kappa shape index (κ2) is 3.90. The van der Waals surface area contributed by atoms with E-state index in [1.54, 1.807) is 6.92 Å². The van der Waals surface area contributed by atoms with E-state index in [0.717, 1.165) is 0 Å². The smallest absolute Gasteiger partial charge is 0.204 e. The molecule has 0 fully saturated rings. The van der Waals surface area contributed by atoms with Crippen LogP contribution in [0.4, 0.5) is 0 Å². The highest BCUT2D eigenvalue weighted by Gasteiger charge is 2.14. The van der Waals surface area contributed by atoms with E-state index in [0.29, 0.717) is 10.9 Å². The van der Waals surface area contributed by atoms with Crippen LogP contribution in [-0.2, 0) is 0 Å². The predicted octanol–water partition coefficient (Wildman–Crippen LogP) is 3.32. The fraction of sp³-hybridized carbons (Fsp3) is 0.0714. The molecular formula is C14H9ClO4. The molecule has 0 unspecified atom stereocenters. The van der Waals surface area contributed by atoms with Crippen molar-refractivity contribution in [2.45, 2.75) is 6.92 Å². The summed E-state index contributed by atoms with van der Waals surface area (Å²) in [6.45, 7) is 1.69. The summed E-state index contributed by atoms with van der Waals surface area (Å²) in [5.74, 6) is -0.204. The average molecular weight is 277 g/mol. The van der Waals surface area contributed by atoms with Gasteiger partial charge in [-0.3, -0.25) is 4.79 Å². The normalized spacial score (nSPS) is 11.3. The standard InChI is InChI=1S/C14H9ClO4/c1-6-2-8(16)5-11-12(6)14(18)13-9(17)3-7(15)4-10(13)19-11/h2-5,16-17H,1H3. The summed E-state index contributed by atoms with van der Waals surface area (Å²) < 4.78 is 5.55. The fourth-order valence-electron chi connectivity index (χ4n) is 2.23. The number of hydrogen-bond donors (Lipinski definition) is 2. The molecule has 0 radical (unpaired) electrons. The molecule has 0 aliphatic rings. The number of phenols is 2. The van der Waals surface area contributed by atoms with Gasteiger partial charge in [-0.05, 0) is 24.6 Å². The van der Waals surface area contributed by atoms with Crippen LogP contribution < -0.4 is 5.43 Å². The van der Waals surface area contributed by atoms with Gasteiger partial charge in [0.1, 0.15) is 28.1 Å². The Morgan fingerprint density at radius 1 is 1.05 bits per heavy atom. The van der Waals surface area contributed by atoms with Crippen LogP contribution in [0, 0.1) is 6.92 Å². The van der Waals surface area contributed by atoms with E-state index < -0.39 is 0 Å². The molecule has 2 N–H and O–H groups in total. The van der Waals surface area contributed by atoms with Gasteiger partial charge in [-0.2, -0.15) is 0 Å². The first-order valence-electron chi connectivity index (χ1n) is 5.56. The zero-order valence-electron chi connectivity index (χ0n) is 9.90. The molecule has 0 saturated carbocycles. The van der Waals surface area contributed by atoms with Gasteiger partial charge in [-0.15, -0.1) is 0 Å². The number of benzene rings is 2. The third-order valence-corrected chi connectivity index (χ3v) is 3.22. The quantitative estimate of drug-likeness (QED) is 0.618. The minimum absolute atomic E-state index is 0.0127. The first-order valence-corrected chi connectivity index (χ1v) is 5.94. The van der Waals surface area contributed by atoms with Crippen LogP contribution in [-0.4, -0.2) is 10.2 Å². The lowest BCUT2D eigenvalue weighted by Crippen LogP contribution is -2.04. The lowest BCUT2D eigenvalue weighted by Gasteiger charge is -2.06. The largest absolute Gasteiger partial charge is 0.508 e. The number of hydrogen-bond acceptors (Lipinski definition) is 4. The first kappa shape index (κ1) is 11.9. The summed E-state index contributed by atoms with van der Waals surface area (Å²) in [7, 11) is 0. The number of rotatable bonds is 0. The molecule has 5 heteroatoms. The van der Waals surface area contributed by atoms with E-state index in [9.17, 15) is 15.0 Å². The average Bonchev–Trinajstić information content (AvgIpc) is 2.25. The number of aromatic hydroxyl groups is 2. The van der Waals surface area contributed by atoms with Crippen LogP contribution in [0.25, 0.3) is 21.9 Å². The molecule has 0 saturated heterocycles. The zero-order chi connectivity index (χ0) is 13.7. The maximum Gasteiger partial charge on any atom is 0.204 e. The lowest BCUT2D eigenvalue weighted by molar-refractivity contribution is 0.474. The molecular weight excluding hydrogens is 268 g/mol. The summed E-state index contributed by atoms with van der Waals surface area (Å²) in [5, 5.41) is 20.1. The molecule has 96 valence electrons. The second-order valence-electron chi connectivity index (χ2n) is 4.37. The number of aryl methyl sites for hydroxylation is 1. The van der Waals surface area contributed by atoms with Gasteiger partial charge < -0.3 is 14.6 Å². The molecule has 1 heterocycles. The topological polar surface area (TPSA) is 70.7 Å². The van der Waals surface area contributed by atoms with Gasteiger partial charge in [-0.25, -0.2) is 0 Å². The Hall–Kier alpha value is -2.20. The Morgan fingerprint density at radius 3 is 2.47 bits per heavy atom. The highest BCUT2D eigenvalue weighted by atomic mass is 35.5. The van der Waals surface area contributed by atoms with E-state index in [-0.39, 0.29) is 38.5 Å². The van der Waals surface area contributed by atoms with Crippen molar-refractivity contribution in [3.63, 3.8) is 0 Å². The minimum atomic E-state index is -0.345. The van der Waals surface area contributed by atoms with Crippen LogP contribution in [0.1, 0.15) is 5.56 Å². The number of fused-ring (bicyclic) bond motifs is 2. The third kappa shape index (κ3) is 1.72. The van der Waals surface area contributed by atoms with E-state index in [4.69, 9.17) is 16.0 Å². The van der Waals surface area contributed by atoms with Crippen molar-refractivity contribution >= 4 is 33.5 Å². The summed E-state index contributed by atoms with van der Waals surface area (Å²) in [6.07, 6.45) is 0. The third-order valence-electron chi connectivity index (χ3n) is 3.00. The summed E-state index contributed by atoms with van der Waals surface area (Å²) in [5.41, 5.74) is 0.687. The van der Waals surface area contributed by atoms with Crippen molar-refractivity contribution in [1.29, 1.82) is 0 Å². The Bertz CT molecular complexity index is 811. The molecule has 19 heavy (non-hydrogen) atoms. The molecule has 0 aliphatic heterocycles. The Kier molecular flexibility index (Phi) is 2.43. The minimum Gasteiger partial charge on any atom is -0.508 e. The fourth-order valence-corrected chi connectivity index (χ4v) is 2.43. The molecule has 0 spiro atoms. The molecule has 0 amide bonds. The molecule has 3 aromatic rings. The summed E-state index contributed by atoms with van der Waals surface area (Å²) in [4.78, 5) is 12.4. The van der Waals surface area contributed by atoms with Crippen LogP contribution in [0.15, 0.2) is 33.5 Å². The van der Waals surface area contributed by atoms with Crippen LogP contribution in [0.3, 0.4) is 0 Å². The van der Waals surface area contributed by atoms with Gasteiger partial charge in [0.05, 0.1) is 5.39 Å². The molecule has 4 nitrogen and oxygen atoms in total. The molecule has 0 bridgehead atoms. The van der Waals surface area contributed by atoms with Crippen molar-refractivity contribution in [2.75, 3.05) is 0 Å². The van der Waals surface area contributed by atoms with Crippen molar-refractivity contribution in [3.05, 3.63) is 45.1 Å². The SMILES string of the molecule is Cc1cc(O)cc2oc3cc(Cl)cc(O)c3c(=O)c12. The van der Waals surface area contributed by atoms with Gasteiger partial charge in [-0.1, -0.05) is 11.6 Å². The highest BCUT2D eigenvalue weighted by molar-refractivity contribution is 6.31. The van der Waals surface area contributed by atoms with E-state index in [1.165, 1.54) is 24.3 Å². The van der Waals surface area contributed by atoms with Crippen LogP contribution in [0.5, 0.6) is 11.5 Å². The number of halogens is 1. The van der Waals surface area contributed by atoms with Gasteiger partial charge in [0.2, 0.25) is 5.43 Å². The lowest BCUT2D eigenvalue weighted by atomic mass is 10.1. The Morgan fingerprint density at radius 2 is 1.74 bits per heavy atom. The Labute approximate surface area is 112 Å².